The lowest BCUT2D eigenvalue weighted by atomic mass is 10.1. The number of aromatic carboxylic acids is 1. The van der Waals surface area contributed by atoms with Crippen molar-refractivity contribution in [2.24, 2.45) is 0 Å². The Morgan fingerprint density at radius 2 is 1.77 bits per heavy atom. The first kappa shape index (κ1) is 17.6. The molecule has 2 heterocycles. The lowest BCUT2D eigenvalue weighted by Crippen LogP contribution is -2.11. The summed E-state index contributed by atoms with van der Waals surface area (Å²) in [4.78, 5) is 27.9. The monoisotopic (exact) mass is 368 g/mol. The van der Waals surface area contributed by atoms with Crippen LogP contribution in [-0.4, -0.2) is 22.0 Å². The third-order valence-electron chi connectivity index (χ3n) is 3.55. The highest BCUT2D eigenvalue weighted by molar-refractivity contribution is 7.16. The molecule has 7 heteroatoms. The number of pyridine rings is 1. The molecule has 0 aliphatic heterocycles. The third kappa shape index (κ3) is 4.07. The van der Waals surface area contributed by atoms with Crippen LogP contribution in [0.4, 0.5) is 5.69 Å². The molecular weight excluding hydrogens is 352 g/mol. The fourth-order valence-corrected chi connectivity index (χ4v) is 2.96. The van der Waals surface area contributed by atoms with Gasteiger partial charge in [0.2, 0.25) is 10.9 Å². The summed E-state index contributed by atoms with van der Waals surface area (Å²) < 4.78 is 5.68. The molecule has 3 rings (SSSR count). The van der Waals surface area contributed by atoms with Gasteiger partial charge in [0.15, 0.2) is 0 Å². The smallest absolute Gasteiger partial charge is 0.346 e. The third-order valence-corrected chi connectivity index (χ3v) is 4.55. The van der Waals surface area contributed by atoms with E-state index in [-0.39, 0.29) is 15.8 Å². The van der Waals surface area contributed by atoms with Crippen molar-refractivity contribution in [1.29, 1.82) is 0 Å². The number of anilines is 1. The first-order valence-electron chi connectivity index (χ1n) is 7.78. The standard InChI is InChI=1S/C19H16N2O4S/c1-11-3-6-13(7-4-11)17(22)21-14-9-15(18(23)24)26-19(14)25-16-8-5-12(2)10-20-16/h3-10H,1-2H3,(H,21,22)(H,23,24). The zero-order chi connectivity index (χ0) is 18.7. The molecule has 0 atom stereocenters. The zero-order valence-electron chi connectivity index (χ0n) is 14.1. The molecule has 0 aliphatic carbocycles. The molecule has 0 aliphatic rings. The van der Waals surface area contributed by atoms with Gasteiger partial charge in [-0.05, 0) is 37.6 Å². The van der Waals surface area contributed by atoms with Crippen molar-refractivity contribution in [3.8, 4) is 10.9 Å². The summed E-state index contributed by atoms with van der Waals surface area (Å²) in [5, 5.41) is 12.2. The van der Waals surface area contributed by atoms with E-state index in [2.05, 4.69) is 10.3 Å². The molecule has 2 N–H and O–H groups in total. The normalized spacial score (nSPS) is 10.4. The highest BCUT2D eigenvalue weighted by Gasteiger charge is 2.18. The van der Waals surface area contributed by atoms with Gasteiger partial charge in [-0.3, -0.25) is 4.79 Å². The number of benzene rings is 1. The number of ether oxygens (including phenoxy) is 1. The molecule has 0 bridgehead atoms. The van der Waals surface area contributed by atoms with E-state index < -0.39 is 5.97 Å². The Hall–Kier alpha value is -3.19. The minimum Gasteiger partial charge on any atom is -0.477 e. The van der Waals surface area contributed by atoms with E-state index >= 15 is 0 Å². The van der Waals surface area contributed by atoms with Crippen molar-refractivity contribution in [2.75, 3.05) is 5.32 Å². The van der Waals surface area contributed by atoms with E-state index in [4.69, 9.17) is 4.74 Å². The molecule has 1 aromatic carbocycles. The Labute approximate surface area is 154 Å². The first-order chi connectivity index (χ1) is 12.4. The van der Waals surface area contributed by atoms with Gasteiger partial charge in [0.25, 0.3) is 5.91 Å². The second-order valence-electron chi connectivity index (χ2n) is 5.71. The Balaban J connectivity index is 1.87. The molecule has 0 unspecified atom stereocenters. The van der Waals surface area contributed by atoms with Gasteiger partial charge in [-0.25, -0.2) is 9.78 Å². The Morgan fingerprint density at radius 1 is 1.08 bits per heavy atom. The van der Waals surface area contributed by atoms with Crippen molar-refractivity contribution < 1.29 is 19.4 Å². The van der Waals surface area contributed by atoms with Gasteiger partial charge in [-0.15, -0.1) is 0 Å². The van der Waals surface area contributed by atoms with Crippen LogP contribution in [0.2, 0.25) is 0 Å². The maximum Gasteiger partial charge on any atom is 0.346 e. The van der Waals surface area contributed by atoms with Crippen molar-refractivity contribution >= 4 is 28.9 Å². The number of carboxylic acid groups (broad SMARTS) is 1. The largest absolute Gasteiger partial charge is 0.477 e. The average Bonchev–Trinajstić information content (AvgIpc) is 3.00. The van der Waals surface area contributed by atoms with Crippen LogP contribution < -0.4 is 10.1 Å². The van der Waals surface area contributed by atoms with Crippen LogP contribution in [0.5, 0.6) is 10.9 Å². The van der Waals surface area contributed by atoms with Crippen LogP contribution in [0.15, 0.2) is 48.7 Å². The summed E-state index contributed by atoms with van der Waals surface area (Å²) in [6.45, 7) is 3.83. The molecule has 0 spiro atoms. The molecule has 0 saturated carbocycles. The van der Waals surface area contributed by atoms with E-state index in [1.54, 1.807) is 24.4 Å². The molecule has 0 fully saturated rings. The van der Waals surface area contributed by atoms with Crippen molar-refractivity contribution in [1.82, 2.24) is 4.98 Å². The summed E-state index contributed by atoms with van der Waals surface area (Å²) in [5.41, 5.74) is 2.78. The highest BCUT2D eigenvalue weighted by Crippen LogP contribution is 2.38. The number of carboxylic acids is 1. The van der Waals surface area contributed by atoms with E-state index in [1.807, 2.05) is 32.0 Å². The van der Waals surface area contributed by atoms with Crippen LogP contribution in [0.3, 0.4) is 0 Å². The van der Waals surface area contributed by atoms with Crippen molar-refractivity contribution in [3.05, 3.63) is 70.2 Å². The minimum absolute atomic E-state index is 0.0614. The highest BCUT2D eigenvalue weighted by atomic mass is 32.1. The molecule has 3 aromatic rings. The average molecular weight is 368 g/mol. The number of rotatable bonds is 5. The number of carbonyl (C=O) groups is 2. The maximum atomic E-state index is 12.4. The Kier molecular flexibility index (Phi) is 4.99. The number of hydrogen-bond donors (Lipinski definition) is 2. The SMILES string of the molecule is Cc1ccc(C(=O)Nc2cc(C(=O)O)sc2Oc2ccc(C)cn2)cc1. The fourth-order valence-electron chi connectivity index (χ4n) is 2.15. The summed E-state index contributed by atoms with van der Waals surface area (Å²) in [5.74, 6) is -1.12. The molecular formula is C19H16N2O4S. The molecule has 0 radical (unpaired) electrons. The molecule has 2 aromatic heterocycles. The van der Waals surface area contributed by atoms with Gasteiger partial charge in [-0.1, -0.05) is 35.1 Å². The van der Waals surface area contributed by atoms with Crippen molar-refractivity contribution in [3.63, 3.8) is 0 Å². The zero-order valence-corrected chi connectivity index (χ0v) is 15.0. The van der Waals surface area contributed by atoms with Crippen LogP contribution in [-0.2, 0) is 0 Å². The number of aromatic nitrogens is 1. The van der Waals surface area contributed by atoms with Crippen LogP contribution in [0.25, 0.3) is 0 Å². The van der Waals surface area contributed by atoms with Gasteiger partial charge >= 0.3 is 5.97 Å². The predicted octanol–water partition coefficient (Wildman–Crippen LogP) is 4.50. The molecule has 1 amide bonds. The summed E-state index contributed by atoms with van der Waals surface area (Å²) in [6, 6.07) is 12.0. The number of carbonyl (C=O) groups excluding carboxylic acids is 1. The molecule has 6 nitrogen and oxygen atoms in total. The quantitative estimate of drug-likeness (QED) is 0.692. The van der Waals surface area contributed by atoms with Crippen LogP contribution in [0.1, 0.15) is 31.2 Å². The van der Waals surface area contributed by atoms with Crippen LogP contribution >= 0.6 is 11.3 Å². The second-order valence-corrected chi connectivity index (χ2v) is 6.73. The van der Waals surface area contributed by atoms with E-state index in [9.17, 15) is 14.7 Å². The van der Waals surface area contributed by atoms with E-state index in [0.29, 0.717) is 17.1 Å². The lowest BCUT2D eigenvalue weighted by Gasteiger charge is -2.08. The summed E-state index contributed by atoms with van der Waals surface area (Å²) >= 11 is 0.930. The van der Waals surface area contributed by atoms with E-state index in [1.165, 1.54) is 6.07 Å². The minimum atomic E-state index is -1.09. The van der Waals surface area contributed by atoms with Gasteiger partial charge in [0.05, 0.1) is 5.69 Å². The number of hydrogen-bond acceptors (Lipinski definition) is 5. The molecule has 132 valence electrons. The number of thiophene rings is 1. The lowest BCUT2D eigenvalue weighted by molar-refractivity contribution is 0.0701. The predicted molar refractivity (Wildman–Crippen MR) is 99.5 cm³/mol. The van der Waals surface area contributed by atoms with Gasteiger partial charge in [-0.2, -0.15) is 0 Å². The molecule has 0 saturated heterocycles. The van der Waals surface area contributed by atoms with Crippen molar-refractivity contribution in [2.45, 2.75) is 13.8 Å². The number of amides is 1. The topological polar surface area (TPSA) is 88.5 Å². The Morgan fingerprint density at radius 3 is 2.38 bits per heavy atom. The second kappa shape index (κ2) is 7.37. The summed E-state index contributed by atoms with van der Waals surface area (Å²) in [7, 11) is 0. The van der Waals surface area contributed by atoms with E-state index in [0.717, 1.165) is 22.5 Å². The number of nitrogens with zero attached hydrogens (tertiary/aromatic N) is 1. The molecule has 26 heavy (non-hydrogen) atoms. The number of nitrogens with one attached hydrogen (secondary N) is 1. The fraction of sp³-hybridized carbons (Fsp3) is 0.105. The van der Waals surface area contributed by atoms with Crippen LogP contribution in [0, 0.1) is 13.8 Å². The van der Waals surface area contributed by atoms with Gasteiger partial charge in [0.1, 0.15) is 4.88 Å². The van der Waals surface area contributed by atoms with Gasteiger partial charge in [0, 0.05) is 17.8 Å². The first-order valence-corrected chi connectivity index (χ1v) is 8.59. The Bertz CT molecular complexity index is 947. The maximum absolute atomic E-state index is 12.4. The summed E-state index contributed by atoms with van der Waals surface area (Å²) in [6.07, 6.45) is 1.64. The van der Waals surface area contributed by atoms with Gasteiger partial charge < -0.3 is 15.2 Å². The number of aryl methyl sites for hydroxylation is 2.